The van der Waals surface area contributed by atoms with Crippen LogP contribution in [0.5, 0.6) is 0 Å². The van der Waals surface area contributed by atoms with Gasteiger partial charge in [-0.15, -0.1) is 0 Å². The summed E-state index contributed by atoms with van der Waals surface area (Å²) in [5.41, 5.74) is 7.59. The maximum absolute atomic E-state index is 6.01. The fourth-order valence-corrected chi connectivity index (χ4v) is 2.15. The van der Waals surface area contributed by atoms with Crippen LogP contribution in [-0.4, -0.2) is 6.04 Å². The highest BCUT2D eigenvalue weighted by Gasteiger charge is 2.09. The first-order valence-electron chi connectivity index (χ1n) is 6.49. The Hall–Kier alpha value is -0.890. The summed E-state index contributed by atoms with van der Waals surface area (Å²) in [6.45, 7) is 4.43. The van der Waals surface area contributed by atoms with Crippen LogP contribution in [0.4, 0.5) is 11.4 Å². The maximum Gasteiger partial charge on any atom is 0.0739 e. The molecule has 1 aromatic rings. The van der Waals surface area contributed by atoms with E-state index in [1.807, 2.05) is 18.2 Å². The monoisotopic (exact) mass is 254 g/mol. The molecule has 1 aromatic carbocycles. The predicted octanol–water partition coefficient (Wildman–Crippen LogP) is 4.69. The SMILES string of the molecule is CCCCC(CCC)Nc1cccc(Cl)c1N. The molecule has 0 aliphatic heterocycles. The smallest absolute Gasteiger partial charge is 0.0739 e. The molecule has 3 N–H and O–H groups in total. The Morgan fingerprint density at radius 2 is 2.00 bits per heavy atom. The highest BCUT2D eigenvalue weighted by molar-refractivity contribution is 6.33. The fraction of sp³-hybridized carbons (Fsp3) is 0.571. The number of para-hydroxylation sites is 1. The fourth-order valence-electron chi connectivity index (χ4n) is 1.97. The number of benzene rings is 1. The van der Waals surface area contributed by atoms with E-state index in [1.54, 1.807) is 0 Å². The quantitative estimate of drug-likeness (QED) is 0.693. The second-order valence-electron chi connectivity index (χ2n) is 4.47. The zero-order valence-electron chi connectivity index (χ0n) is 10.8. The highest BCUT2D eigenvalue weighted by Crippen LogP contribution is 2.28. The number of unbranched alkanes of at least 4 members (excludes halogenated alkanes) is 1. The van der Waals surface area contributed by atoms with Crippen molar-refractivity contribution in [3.8, 4) is 0 Å². The van der Waals surface area contributed by atoms with Gasteiger partial charge in [-0.05, 0) is 25.0 Å². The molecule has 3 heteroatoms. The van der Waals surface area contributed by atoms with Gasteiger partial charge in [0.25, 0.3) is 0 Å². The molecule has 17 heavy (non-hydrogen) atoms. The van der Waals surface area contributed by atoms with E-state index in [0.717, 1.165) is 5.69 Å². The van der Waals surface area contributed by atoms with Crippen molar-refractivity contribution in [1.82, 2.24) is 0 Å². The van der Waals surface area contributed by atoms with Crippen molar-refractivity contribution in [2.75, 3.05) is 11.1 Å². The van der Waals surface area contributed by atoms with Crippen molar-refractivity contribution < 1.29 is 0 Å². The first kappa shape index (κ1) is 14.2. The third-order valence-electron chi connectivity index (χ3n) is 2.96. The molecule has 0 fully saturated rings. The standard InChI is InChI=1S/C14H23ClN2/c1-3-5-8-11(7-4-2)17-13-10-6-9-12(15)14(13)16/h6,9-11,17H,3-5,7-8,16H2,1-2H3. The number of nitrogens with two attached hydrogens (primary N) is 1. The van der Waals surface area contributed by atoms with Crippen LogP contribution in [-0.2, 0) is 0 Å². The van der Waals surface area contributed by atoms with Crippen LogP contribution >= 0.6 is 11.6 Å². The molecule has 0 aliphatic carbocycles. The van der Waals surface area contributed by atoms with Gasteiger partial charge in [0.05, 0.1) is 16.4 Å². The molecule has 96 valence electrons. The third kappa shape index (κ3) is 4.47. The van der Waals surface area contributed by atoms with E-state index in [-0.39, 0.29) is 0 Å². The van der Waals surface area contributed by atoms with E-state index in [4.69, 9.17) is 17.3 Å². The summed E-state index contributed by atoms with van der Waals surface area (Å²) in [6.07, 6.45) is 6.02. The molecule has 0 heterocycles. The average Bonchev–Trinajstić information content (AvgIpc) is 2.32. The highest BCUT2D eigenvalue weighted by atomic mass is 35.5. The number of anilines is 2. The normalized spacial score (nSPS) is 12.4. The van der Waals surface area contributed by atoms with E-state index < -0.39 is 0 Å². The number of rotatable bonds is 7. The molecule has 0 bridgehead atoms. The lowest BCUT2D eigenvalue weighted by atomic mass is 10.0. The van der Waals surface area contributed by atoms with Crippen LogP contribution in [0.3, 0.4) is 0 Å². The summed E-state index contributed by atoms with van der Waals surface area (Å²) < 4.78 is 0. The average molecular weight is 255 g/mol. The van der Waals surface area contributed by atoms with E-state index >= 15 is 0 Å². The molecule has 2 nitrogen and oxygen atoms in total. The zero-order valence-corrected chi connectivity index (χ0v) is 11.6. The Labute approximate surface area is 110 Å². The molecule has 0 saturated heterocycles. The Balaban J connectivity index is 2.67. The van der Waals surface area contributed by atoms with Crippen LogP contribution in [0.1, 0.15) is 46.0 Å². The summed E-state index contributed by atoms with van der Waals surface area (Å²) in [7, 11) is 0. The van der Waals surface area contributed by atoms with Crippen molar-refractivity contribution in [2.24, 2.45) is 0 Å². The van der Waals surface area contributed by atoms with Crippen LogP contribution in [0.25, 0.3) is 0 Å². The van der Waals surface area contributed by atoms with Gasteiger partial charge in [-0.2, -0.15) is 0 Å². The predicted molar refractivity (Wildman–Crippen MR) is 77.7 cm³/mol. The van der Waals surface area contributed by atoms with Gasteiger partial charge < -0.3 is 11.1 Å². The number of halogens is 1. The van der Waals surface area contributed by atoms with E-state index in [9.17, 15) is 0 Å². The molecule has 1 unspecified atom stereocenters. The topological polar surface area (TPSA) is 38.0 Å². The largest absolute Gasteiger partial charge is 0.396 e. The van der Waals surface area contributed by atoms with Gasteiger partial charge in [-0.1, -0.05) is 50.8 Å². The molecule has 0 saturated carbocycles. The van der Waals surface area contributed by atoms with Gasteiger partial charge >= 0.3 is 0 Å². The maximum atomic E-state index is 6.01. The number of hydrogen-bond acceptors (Lipinski definition) is 2. The lowest BCUT2D eigenvalue weighted by molar-refractivity contribution is 0.564. The molecular formula is C14H23ClN2. The number of nitrogens with one attached hydrogen (secondary N) is 1. The van der Waals surface area contributed by atoms with Crippen molar-refractivity contribution >= 4 is 23.0 Å². The van der Waals surface area contributed by atoms with Crippen molar-refractivity contribution in [1.29, 1.82) is 0 Å². The first-order chi connectivity index (χ1) is 8.19. The molecular weight excluding hydrogens is 232 g/mol. The molecule has 0 amide bonds. The Morgan fingerprint density at radius 3 is 2.65 bits per heavy atom. The second kappa shape index (κ2) is 7.44. The Kier molecular flexibility index (Phi) is 6.20. The molecule has 1 rings (SSSR count). The van der Waals surface area contributed by atoms with E-state index in [2.05, 4.69) is 19.2 Å². The summed E-state index contributed by atoms with van der Waals surface area (Å²) in [4.78, 5) is 0. The minimum absolute atomic E-state index is 0.501. The molecule has 0 radical (unpaired) electrons. The zero-order chi connectivity index (χ0) is 12.7. The first-order valence-corrected chi connectivity index (χ1v) is 6.87. The van der Waals surface area contributed by atoms with Gasteiger partial charge in [0.2, 0.25) is 0 Å². The summed E-state index contributed by atoms with van der Waals surface area (Å²) in [5.74, 6) is 0. The summed E-state index contributed by atoms with van der Waals surface area (Å²) in [6, 6.07) is 6.25. The van der Waals surface area contributed by atoms with Crippen molar-refractivity contribution in [3.63, 3.8) is 0 Å². The number of hydrogen-bond donors (Lipinski definition) is 2. The molecule has 0 aromatic heterocycles. The van der Waals surface area contributed by atoms with Crippen LogP contribution in [0.15, 0.2) is 18.2 Å². The summed E-state index contributed by atoms with van der Waals surface area (Å²) >= 11 is 6.01. The van der Waals surface area contributed by atoms with Gasteiger partial charge in [-0.25, -0.2) is 0 Å². The van der Waals surface area contributed by atoms with Crippen molar-refractivity contribution in [3.05, 3.63) is 23.2 Å². The molecule has 0 aliphatic rings. The molecule has 1 atom stereocenters. The van der Waals surface area contributed by atoms with Crippen LogP contribution in [0.2, 0.25) is 5.02 Å². The van der Waals surface area contributed by atoms with Gasteiger partial charge in [0, 0.05) is 6.04 Å². The lowest BCUT2D eigenvalue weighted by Gasteiger charge is -2.20. The Bertz CT molecular complexity index is 339. The third-order valence-corrected chi connectivity index (χ3v) is 3.29. The van der Waals surface area contributed by atoms with Crippen LogP contribution in [0, 0.1) is 0 Å². The van der Waals surface area contributed by atoms with Gasteiger partial charge in [0.15, 0.2) is 0 Å². The second-order valence-corrected chi connectivity index (χ2v) is 4.88. The van der Waals surface area contributed by atoms with Gasteiger partial charge in [-0.3, -0.25) is 0 Å². The van der Waals surface area contributed by atoms with Crippen molar-refractivity contribution in [2.45, 2.75) is 52.0 Å². The minimum atomic E-state index is 0.501. The number of nitrogen functional groups attached to an aromatic ring is 1. The lowest BCUT2D eigenvalue weighted by Crippen LogP contribution is -2.20. The van der Waals surface area contributed by atoms with E-state index in [1.165, 1.54) is 32.1 Å². The van der Waals surface area contributed by atoms with E-state index in [0.29, 0.717) is 16.8 Å². The Morgan fingerprint density at radius 1 is 1.24 bits per heavy atom. The van der Waals surface area contributed by atoms with Crippen LogP contribution < -0.4 is 11.1 Å². The summed E-state index contributed by atoms with van der Waals surface area (Å²) in [5, 5.41) is 4.14. The minimum Gasteiger partial charge on any atom is -0.396 e. The van der Waals surface area contributed by atoms with Gasteiger partial charge in [0.1, 0.15) is 0 Å². The molecule has 0 spiro atoms.